The number of carbonyl (C=O) groups is 2. The summed E-state index contributed by atoms with van der Waals surface area (Å²) in [6, 6.07) is 0. The maximum Gasteiger partial charge on any atom is 0.178 e. The third kappa shape index (κ3) is 3.44. The molecule has 2 aliphatic carbocycles. The van der Waals surface area contributed by atoms with Gasteiger partial charge < -0.3 is 4.55 Å². The molecule has 0 amide bonds. The molecule has 3 unspecified atom stereocenters. The molecule has 3 atom stereocenters. The van der Waals surface area contributed by atoms with Crippen LogP contribution in [0.2, 0.25) is 0 Å². The minimum absolute atomic E-state index is 0.294. The van der Waals surface area contributed by atoms with Crippen molar-refractivity contribution in [3.8, 4) is 0 Å². The van der Waals surface area contributed by atoms with Gasteiger partial charge >= 0.3 is 0 Å². The highest BCUT2D eigenvalue weighted by atomic mass is 32.2. The number of Topliss-reactive ketones (excluding diaryl/α,β-unsaturated/α-hetero) is 2. The highest BCUT2D eigenvalue weighted by molar-refractivity contribution is 7.97. The second-order valence-electron chi connectivity index (χ2n) is 8.05. The van der Waals surface area contributed by atoms with Crippen molar-refractivity contribution in [1.29, 1.82) is 0 Å². The number of hydrogen-bond acceptors (Lipinski definition) is 5. The van der Waals surface area contributed by atoms with Crippen LogP contribution in [0, 0.1) is 16.7 Å². The molecule has 3 aliphatic rings. The second-order valence-corrected chi connectivity index (χ2v) is 11.9. The first-order chi connectivity index (χ1) is 10.9. The summed E-state index contributed by atoms with van der Waals surface area (Å²) in [7, 11) is -4.00. The summed E-state index contributed by atoms with van der Waals surface area (Å²) in [5.74, 6) is 3.22. The molecule has 0 N–H and O–H groups in total. The largest absolute Gasteiger partial charge is 0.747 e. The van der Waals surface area contributed by atoms with Gasteiger partial charge in [0.25, 0.3) is 0 Å². The first kappa shape index (κ1) is 19.9. The zero-order valence-corrected chi connectivity index (χ0v) is 16.6. The van der Waals surface area contributed by atoms with E-state index < -0.39 is 20.8 Å². The average Bonchev–Trinajstić information content (AvgIpc) is 3.03. The lowest BCUT2D eigenvalue weighted by molar-refractivity contribution is -0.128. The summed E-state index contributed by atoms with van der Waals surface area (Å²) in [4.78, 5) is 22.6. The molecule has 3 rings (SSSR count). The van der Waals surface area contributed by atoms with Crippen LogP contribution in [0.3, 0.4) is 0 Å². The monoisotopic (exact) mass is 376 g/mol. The van der Waals surface area contributed by atoms with Crippen molar-refractivity contribution in [1.82, 2.24) is 0 Å². The van der Waals surface area contributed by atoms with Crippen molar-refractivity contribution in [2.24, 2.45) is 16.7 Å². The normalized spacial score (nSPS) is 35.0. The van der Waals surface area contributed by atoms with Crippen LogP contribution < -0.4 is 0 Å². The Balaban J connectivity index is 0.000000198. The van der Waals surface area contributed by atoms with E-state index in [1.807, 2.05) is 13.8 Å². The maximum absolute atomic E-state index is 12.0. The molecular weight excluding hydrogens is 348 g/mol. The van der Waals surface area contributed by atoms with Gasteiger partial charge in [0.05, 0.1) is 0 Å². The first-order valence-electron chi connectivity index (χ1n) is 8.54. The number of carbonyl (C=O) groups excluding carboxylic acids is 2. The zero-order chi connectivity index (χ0) is 18.3. The van der Waals surface area contributed by atoms with Gasteiger partial charge in [0, 0.05) is 5.41 Å². The van der Waals surface area contributed by atoms with Crippen molar-refractivity contribution < 1.29 is 22.6 Å². The van der Waals surface area contributed by atoms with E-state index in [1.165, 1.54) is 24.3 Å². The molecule has 0 aromatic heterocycles. The van der Waals surface area contributed by atoms with Crippen LogP contribution in [-0.2, 0) is 30.6 Å². The van der Waals surface area contributed by atoms with Gasteiger partial charge in [-0.2, -0.15) is 0 Å². The van der Waals surface area contributed by atoms with E-state index in [0.29, 0.717) is 29.5 Å². The minimum atomic E-state index is -4.49. The maximum atomic E-state index is 12.0. The van der Waals surface area contributed by atoms with Crippen LogP contribution in [0.15, 0.2) is 0 Å². The van der Waals surface area contributed by atoms with Crippen LogP contribution in [0.1, 0.15) is 53.4 Å². The first-order valence-corrected chi connectivity index (χ1v) is 11.7. The Labute approximate surface area is 148 Å². The van der Waals surface area contributed by atoms with Gasteiger partial charge in [-0.05, 0) is 54.8 Å². The molecule has 1 saturated heterocycles. The van der Waals surface area contributed by atoms with Crippen molar-refractivity contribution in [3.63, 3.8) is 0 Å². The highest BCUT2D eigenvalue weighted by Gasteiger charge is 2.67. The van der Waals surface area contributed by atoms with Gasteiger partial charge in [-0.15, -0.1) is 0 Å². The summed E-state index contributed by atoms with van der Waals surface area (Å²) < 4.78 is 33.3. The van der Waals surface area contributed by atoms with E-state index in [0.717, 1.165) is 5.75 Å². The van der Waals surface area contributed by atoms with Gasteiger partial charge in [-0.25, -0.2) is 8.42 Å². The average molecular weight is 377 g/mol. The fourth-order valence-corrected chi connectivity index (χ4v) is 8.18. The van der Waals surface area contributed by atoms with Crippen LogP contribution in [0.4, 0.5) is 0 Å². The Hall–Kier alpha value is -0.400. The number of fused-ring (bicyclic) bond motifs is 2. The van der Waals surface area contributed by atoms with E-state index in [9.17, 15) is 22.6 Å². The fourth-order valence-electron chi connectivity index (χ4n) is 4.48. The SMILES string of the molecule is CC(=O)C[S+]1CCCC1.CC12CCC(C(S(=O)(=O)[O-])C1=O)C2(C)C. The van der Waals surface area contributed by atoms with Gasteiger partial charge in [0.1, 0.15) is 26.9 Å². The molecule has 2 bridgehead atoms. The quantitative estimate of drug-likeness (QED) is 0.554. The molecule has 1 heterocycles. The van der Waals surface area contributed by atoms with Crippen molar-refractivity contribution >= 4 is 32.6 Å². The van der Waals surface area contributed by atoms with Gasteiger partial charge in [-0.3, -0.25) is 9.59 Å². The highest BCUT2D eigenvalue weighted by Crippen LogP contribution is 2.64. The molecular formula is C17H28O5S2. The summed E-state index contributed by atoms with van der Waals surface area (Å²) in [6.45, 7) is 7.29. The van der Waals surface area contributed by atoms with E-state index in [2.05, 4.69) is 0 Å². The molecule has 0 radical (unpaired) electrons. The van der Waals surface area contributed by atoms with Crippen LogP contribution in [-0.4, -0.2) is 47.0 Å². The third-order valence-electron chi connectivity index (χ3n) is 6.31. The lowest BCUT2D eigenvalue weighted by Gasteiger charge is -2.32. The van der Waals surface area contributed by atoms with Crippen LogP contribution in [0.5, 0.6) is 0 Å². The van der Waals surface area contributed by atoms with Crippen molar-refractivity contribution in [2.45, 2.75) is 58.6 Å². The Morgan fingerprint density at radius 1 is 1.25 bits per heavy atom. The lowest BCUT2D eigenvalue weighted by Crippen LogP contribution is -2.38. The second kappa shape index (κ2) is 6.72. The number of hydrogen-bond donors (Lipinski definition) is 0. The number of ketones is 2. The predicted molar refractivity (Wildman–Crippen MR) is 95.0 cm³/mol. The molecule has 1 aliphatic heterocycles. The molecule has 0 spiro atoms. The molecule has 24 heavy (non-hydrogen) atoms. The Morgan fingerprint density at radius 2 is 1.79 bits per heavy atom. The molecule has 3 fully saturated rings. The molecule has 5 nitrogen and oxygen atoms in total. The van der Waals surface area contributed by atoms with Crippen LogP contribution in [0.25, 0.3) is 0 Å². The third-order valence-corrected chi connectivity index (χ3v) is 10.0. The van der Waals surface area contributed by atoms with Gasteiger partial charge in [-0.1, -0.05) is 20.8 Å². The van der Waals surface area contributed by atoms with Gasteiger partial charge in [0.15, 0.2) is 17.3 Å². The molecule has 0 aromatic rings. The predicted octanol–water partition coefficient (Wildman–Crippen LogP) is 1.91. The van der Waals surface area contributed by atoms with E-state index >= 15 is 0 Å². The minimum Gasteiger partial charge on any atom is -0.747 e. The summed E-state index contributed by atoms with van der Waals surface area (Å²) >= 11 is 0. The topological polar surface area (TPSA) is 91.3 Å². The van der Waals surface area contributed by atoms with E-state index in [1.54, 1.807) is 13.8 Å². The summed E-state index contributed by atoms with van der Waals surface area (Å²) in [5.41, 5.74) is -0.994. The fraction of sp³-hybridized carbons (Fsp3) is 0.882. The molecule has 7 heteroatoms. The molecule has 2 saturated carbocycles. The van der Waals surface area contributed by atoms with Gasteiger partial charge in [0.2, 0.25) is 0 Å². The van der Waals surface area contributed by atoms with E-state index in [-0.39, 0.29) is 17.1 Å². The smallest absolute Gasteiger partial charge is 0.178 e. The summed E-state index contributed by atoms with van der Waals surface area (Å²) in [6.07, 6.45) is 4.09. The summed E-state index contributed by atoms with van der Waals surface area (Å²) in [5, 5.41) is -1.30. The molecule has 138 valence electrons. The Bertz CT molecular complexity index is 619. The van der Waals surface area contributed by atoms with Crippen molar-refractivity contribution in [3.05, 3.63) is 0 Å². The van der Waals surface area contributed by atoms with Crippen LogP contribution >= 0.6 is 0 Å². The molecule has 0 aromatic carbocycles. The number of rotatable bonds is 3. The Morgan fingerprint density at radius 3 is 2.12 bits per heavy atom. The Kier molecular flexibility index (Phi) is 5.58. The standard InChI is InChI=1S/C10H16O4S.C7H13OS/c1-9(2)6-4-5-10(9,3)8(11)7(6)15(12,13)14;1-7(8)6-9-4-2-3-5-9/h6-7H,4-5H2,1-3H3,(H,12,13,14);2-6H2,1H3/q;+1/p-1. The van der Waals surface area contributed by atoms with Crippen molar-refractivity contribution in [2.75, 3.05) is 17.3 Å². The van der Waals surface area contributed by atoms with E-state index in [4.69, 9.17) is 0 Å². The lowest BCUT2D eigenvalue weighted by atomic mass is 9.70. The zero-order valence-electron chi connectivity index (χ0n) is 15.0.